The molecule has 0 saturated heterocycles. The number of nitrogens with one attached hydrogen (secondary N) is 1. The summed E-state index contributed by atoms with van der Waals surface area (Å²) in [6.07, 6.45) is 4.12. The van der Waals surface area contributed by atoms with Crippen LogP contribution < -0.4 is 5.32 Å². The van der Waals surface area contributed by atoms with Crippen molar-refractivity contribution in [3.8, 4) is 0 Å². The summed E-state index contributed by atoms with van der Waals surface area (Å²) in [6.45, 7) is 4.63. The Morgan fingerprint density at radius 3 is 2.53 bits per heavy atom. The minimum atomic E-state index is 0.483. The Hall–Kier alpha value is -0.820. The molecule has 82 valence electrons. The van der Waals surface area contributed by atoms with E-state index in [-0.39, 0.29) is 0 Å². The summed E-state index contributed by atoms with van der Waals surface area (Å²) < 4.78 is 0. The van der Waals surface area contributed by atoms with E-state index in [4.69, 9.17) is 0 Å². The molecule has 0 radical (unpaired) electrons. The third-order valence-electron chi connectivity index (χ3n) is 3.63. The van der Waals surface area contributed by atoms with E-state index in [2.05, 4.69) is 49.5 Å². The number of benzene rings is 1. The minimum Gasteiger partial charge on any atom is -0.307 e. The van der Waals surface area contributed by atoms with Gasteiger partial charge in [0.05, 0.1) is 0 Å². The molecule has 1 nitrogen and oxygen atoms in total. The van der Waals surface area contributed by atoms with Gasteiger partial charge in [-0.15, -0.1) is 0 Å². The average molecular weight is 203 g/mol. The molecule has 1 aromatic carbocycles. The molecule has 15 heavy (non-hydrogen) atoms. The molecule has 1 aliphatic rings. The molecular weight excluding hydrogens is 182 g/mol. The van der Waals surface area contributed by atoms with Crippen LogP contribution in [-0.2, 0) is 0 Å². The van der Waals surface area contributed by atoms with Gasteiger partial charge in [-0.2, -0.15) is 0 Å². The molecule has 1 heteroatoms. The maximum Gasteiger partial charge on any atom is 0.0294 e. The van der Waals surface area contributed by atoms with E-state index in [9.17, 15) is 0 Å². The van der Waals surface area contributed by atoms with Crippen molar-refractivity contribution in [2.24, 2.45) is 5.92 Å². The van der Waals surface area contributed by atoms with Crippen molar-refractivity contribution >= 4 is 0 Å². The van der Waals surface area contributed by atoms with Crippen LogP contribution in [-0.4, -0.2) is 6.04 Å². The Morgan fingerprint density at radius 2 is 1.93 bits per heavy atom. The zero-order valence-corrected chi connectivity index (χ0v) is 9.74. The average Bonchev–Trinajstić information content (AvgIpc) is 2.66. The lowest BCUT2D eigenvalue weighted by molar-refractivity contribution is 0.388. The van der Waals surface area contributed by atoms with Gasteiger partial charge in [0.25, 0.3) is 0 Å². The highest BCUT2D eigenvalue weighted by atomic mass is 15.0. The van der Waals surface area contributed by atoms with Crippen molar-refractivity contribution < 1.29 is 0 Å². The molecule has 2 rings (SSSR count). The Balaban J connectivity index is 1.95. The van der Waals surface area contributed by atoms with E-state index < -0.39 is 0 Å². The lowest BCUT2D eigenvalue weighted by Gasteiger charge is -2.23. The molecular formula is C14H21N. The monoisotopic (exact) mass is 203 g/mol. The highest BCUT2D eigenvalue weighted by molar-refractivity contribution is 5.18. The van der Waals surface area contributed by atoms with Gasteiger partial charge >= 0.3 is 0 Å². The summed E-state index contributed by atoms with van der Waals surface area (Å²) in [4.78, 5) is 0. The van der Waals surface area contributed by atoms with Crippen LogP contribution in [0.1, 0.15) is 44.7 Å². The highest BCUT2D eigenvalue weighted by Crippen LogP contribution is 2.27. The maximum atomic E-state index is 3.74. The summed E-state index contributed by atoms with van der Waals surface area (Å²) in [5.41, 5.74) is 1.40. The van der Waals surface area contributed by atoms with Crippen molar-refractivity contribution in [2.75, 3.05) is 0 Å². The predicted molar refractivity (Wildman–Crippen MR) is 64.8 cm³/mol. The van der Waals surface area contributed by atoms with E-state index in [1.165, 1.54) is 24.8 Å². The largest absolute Gasteiger partial charge is 0.307 e. The van der Waals surface area contributed by atoms with Gasteiger partial charge in [-0.3, -0.25) is 0 Å². The van der Waals surface area contributed by atoms with Gasteiger partial charge in [-0.25, -0.2) is 0 Å². The first-order valence-electron chi connectivity index (χ1n) is 6.08. The van der Waals surface area contributed by atoms with Crippen LogP contribution in [0.2, 0.25) is 0 Å². The molecule has 1 aliphatic carbocycles. The molecule has 0 heterocycles. The van der Waals surface area contributed by atoms with Crippen LogP contribution in [0.25, 0.3) is 0 Å². The molecule has 0 aromatic heterocycles. The molecule has 1 saturated carbocycles. The van der Waals surface area contributed by atoms with Gasteiger partial charge in [-0.1, -0.05) is 43.7 Å². The third kappa shape index (κ3) is 2.60. The SMILES string of the molecule is C[C@H](N[C@H]1CCC[C@@H]1C)c1ccccc1. The molecule has 0 aliphatic heterocycles. The van der Waals surface area contributed by atoms with Crippen LogP contribution in [0.3, 0.4) is 0 Å². The Morgan fingerprint density at radius 1 is 1.20 bits per heavy atom. The first kappa shape index (κ1) is 10.7. The van der Waals surface area contributed by atoms with Crippen LogP contribution in [0.4, 0.5) is 0 Å². The van der Waals surface area contributed by atoms with E-state index in [0.29, 0.717) is 6.04 Å². The summed E-state index contributed by atoms with van der Waals surface area (Å²) >= 11 is 0. The zero-order valence-electron chi connectivity index (χ0n) is 9.74. The lowest BCUT2D eigenvalue weighted by Crippen LogP contribution is -2.33. The second-order valence-corrected chi connectivity index (χ2v) is 4.81. The Labute approximate surface area is 92.9 Å². The van der Waals surface area contributed by atoms with E-state index >= 15 is 0 Å². The Kier molecular flexibility index (Phi) is 3.42. The van der Waals surface area contributed by atoms with E-state index in [0.717, 1.165) is 12.0 Å². The topological polar surface area (TPSA) is 12.0 Å². The van der Waals surface area contributed by atoms with E-state index in [1.807, 2.05) is 0 Å². The fourth-order valence-electron chi connectivity index (χ4n) is 2.55. The molecule has 0 bridgehead atoms. The number of hydrogen-bond donors (Lipinski definition) is 1. The second-order valence-electron chi connectivity index (χ2n) is 4.81. The molecule has 1 N–H and O–H groups in total. The molecule has 3 atom stereocenters. The van der Waals surface area contributed by atoms with Gasteiger partial charge in [0.1, 0.15) is 0 Å². The van der Waals surface area contributed by atoms with Crippen LogP contribution >= 0.6 is 0 Å². The molecule has 0 unspecified atom stereocenters. The van der Waals surface area contributed by atoms with Gasteiger partial charge < -0.3 is 5.32 Å². The van der Waals surface area contributed by atoms with Crippen LogP contribution in [0, 0.1) is 5.92 Å². The smallest absolute Gasteiger partial charge is 0.0294 e. The van der Waals surface area contributed by atoms with Crippen molar-refractivity contribution in [3.63, 3.8) is 0 Å². The zero-order chi connectivity index (χ0) is 10.7. The summed E-state index contributed by atoms with van der Waals surface area (Å²) in [7, 11) is 0. The fraction of sp³-hybridized carbons (Fsp3) is 0.571. The normalized spacial score (nSPS) is 27.9. The number of rotatable bonds is 3. The molecule has 0 spiro atoms. The third-order valence-corrected chi connectivity index (χ3v) is 3.63. The summed E-state index contributed by atoms with van der Waals surface area (Å²) in [5, 5.41) is 3.74. The van der Waals surface area contributed by atoms with Crippen LogP contribution in [0.15, 0.2) is 30.3 Å². The summed E-state index contributed by atoms with van der Waals surface area (Å²) in [6, 6.07) is 11.9. The van der Waals surface area contributed by atoms with Crippen molar-refractivity contribution in [1.29, 1.82) is 0 Å². The molecule has 1 aromatic rings. The van der Waals surface area contributed by atoms with Crippen LogP contribution in [0.5, 0.6) is 0 Å². The fourth-order valence-corrected chi connectivity index (χ4v) is 2.55. The quantitative estimate of drug-likeness (QED) is 0.792. The van der Waals surface area contributed by atoms with Gasteiger partial charge in [0.15, 0.2) is 0 Å². The van der Waals surface area contributed by atoms with E-state index in [1.54, 1.807) is 0 Å². The standard InChI is InChI=1S/C14H21N/c1-11-7-6-10-14(11)15-12(2)13-8-4-3-5-9-13/h3-5,8-9,11-12,14-15H,6-7,10H2,1-2H3/t11-,12-,14-/m0/s1. The Bertz CT molecular complexity index is 293. The molecule has 1 fully saturated rings. The predicted octanol–water partition coefficient (Wildman–Crippen LogP) is 3.53. The van der Waals surface area contributed by atoms with Gasteiger partial charge in [-0.05, 0) is 31.2 Å². The maximum absolute atomic E-state index is 3.74. The first-order chi connectivity index (χ1) is 7.27. The summed E-state index contributed by atoms with van der Waals surface area (Å²) in [5.74, 6) is 0.844. The molecule has 0 amide bonds. The minimum absolute atomic E-state index is 0.483. The second kappa shape index (κ2) is 4.80. The van der Waals surface area contributed by atoms with Crippen molar-refractivity contribution in [1.82, 2.24) is 5.32 Å². The highest BCUT2D eigenvalue weighted by Gasteiger charge is 2.24. The van der Waals surface area contributed by atoms with Crippen molar-refractivity contribution in [2.45, 2.75) is 45.2 Å². The lowest BCUT2D eigenvalue weighted by atomic mass is 10.0. The first-order valence-corrected chi connectivity index (χ1v) is 6.08. The van der Waals surface area contributed by atoms with Gasteiger partial charge in [0.2, 0.25) is 0 Å². The van der Waals surface area contributed by atoms with Gasteiger partial charge in [0, 0.05) is 12.1 Å². The number of hydrogen-bond acceptors (Lipinski definition) is 1. The van der Waals surface area contributed by atoms with Crippen molar-refractivity contribution in [3.05, 3.63) is 35.9 Å².